The summed E-state index contributed by atoms with van der Waals surface area (Å²) in [6.07, 6.45) is 3.86. The predicted molar refractivity (Wildman–Crippen MR) is 65.8 cm³/mol. The Kier molecular flexibility index (Phi) is 8.70. The molecule has 3 nitrogen and oxygen atoms in total. The van der Waals surface area contributed by atoms with Crippen molar-refractivity contribution in [3.63, 3.8) is 0 Å². The van der Waals surface area contributed by atoms with Crippen LogP contribution in [0.15, 0.2) is 29.5 Å². The van der Waals surface area contributed by atoms with Crippen molar-refractivity contribution in [3.8, 4) is 6.07 Å². The van der Waals surface area contributed by atoms with Gasteiger partial charge in [-0.25, -0.2) is 0 Å². The Labute approximate surface area is 121 Å². The second-order valence-corrected chi connectivity index (χ2v) is 4.72. The Bertz CT molecular complexity index is 401. The second-order valence-electron chi connectivity index (χ2n) is 2.70. The molecule has 0 N–H and O–H groups in total. The molecule has 0 spiro atoms. The molecular formula is C10H12IN3S2. The molecule has 0 amide bonds. The second kappa shape index (κ2) is 8.84. The summed E-state index contributed by atoms with van der Waals surface area (Å²) in [7, 11) is 0. The van der Waals surface area contributed by atoms with Crippen LogP contribution in [-0.4, -0.2) is 16.4 Å². The van der Waals surface area contributed by atoms with Crippen LogP contribution < -0.4 is 28.7 Å². The van der Waals surface area contributed by atoms with Crippen LogP contribution in [0.4, 0.5) is 0 Å². The Hall–Kier alpha value is -0.260. The highest BCUT2D eigenvalue weighted by Gasteiger charge is 2.06. The minimum absolute atomic E-state index is 0. The summed E-state index contributed by atoms with van der Waals surface area (Å²) < 4.78 is 2.71. The highest BCUT2D eigenvalue weighted by molar-refractivity contribution is 8.38. The quantitative estimate of drug-likeness (QED) is 0.293. The van der Waals surface area contributed by atoms with Crippen molar-refractivity contribution in [3.05, 3.63) is 30.1 Å². The number of aromatic nitrogens is 1. The van der Waals surface area contributed by atoms with Crippen LogP contribution >= 0.6 is 23.5 Å². The number of nitriles is 1. The van der Waals surface area contributed by atoms with Crippen molar-refractivity contribution >= 4 is 27.9 Å². The summed E-state index contributed by atoms with van der Waals surface area (Å²) in [6.45, 7) is 2.00. The number of thioether (sulfide) groups is 2. The van der Waals surface area contributed by atoms with Crippen molar-refractivity contribution in [1.82, 2.24) is 0 Å². The lowest BCUT2D eigenvalue weighted by atomic mass is 10.4. The fraction of sp³-hybridized carbons (Fsp3) is 0.300. The molecule has 1 rings (SSSR count). The summed E-state index contributed by atoms with van der Waals surface area (Å²) in [5.74, 6) is 0.437. The van der Waals surface area contributed by atoms with Crippen LogP contribution in [0, 0.1) is 18.3 Å². The van der Waals surface area contributed by atoms with E-state index >= 15 is 0 Å². The number of pyridine rings is 1. The predicted octanol–water partition coefficient (Wildman–Crippen LogP) is -0.975. The summed E-state index contributed by atoms with van der Waals surface area (Å²) in [5.41, 5.74) is 1.07. The molecule has 0 fully saturated rings. The van der Waals surface area contributed by atoms with Crippen molar-refractivity contribution < 1.29 is 28.7 Å². The van der Waals surface area contributed by atoms with Gasteiger partial charge in [-0.05, 0) is 12.3 Å². The smallest absolute Gasteiger partial charge is 0.211 e. The lowest BCUT2D eigenvalue weighted by molar-refractivity contribution is -0.684. The third-order valence-corrected chi connectivity index (χ3v) is 3.55. The van der Waals surface area contributed by atoms with Crippen molar-refractivity contribution in [2.45, 2.75) is 6.92 Å². The maximum Gasteiger partial charge on any atom is 0.211 e. The number of hydrogen-bond donors (Lipinski definition) is 0. The molecular weight excluding hydrogens is 353 g/mol. The molecule has 0 aromatic carbocycles. The van der Waals surface area contributed by atoms with Crippen LogP contribution in [0.2, 0.25) is 0 Å². The van der Waals surface area contributed by atoms with Gasteiger partial charge >= 0.3 is 0 Å². The SMILES string of the molecule is CS/C(=N\[n+]1ccccc1C)SCC#N.[I-]. The number of rotatable bonds is 2. The molecule has 0 unspecified atom stereocenters. The highest BCUT2D eigenvalue weighted by atomic mass is 127. The first-order chi connectivity index (χ1) is 7.27. The van der Waals surface area contributed by atoms with E-state index in [1.807, 2.05) is 42.3 Å². The van der Waals surface area contributed by atoms with Crippen molar-refractivity contribution in [1.29, 1.82) is 5.26 Å². The van der Waals surface area contributed by atoms with Crippen LogP contribution in [0.3, 0.4) is 0 Å². The maximum atomic E-state index is 8.49. The normalized spacial score (nSPS) is 10.4. The summed E-state index contributed by atoms with van der Waals surface area (Å²) in [6, 6.07) is 8.00. The molecule has 0 aliphatic carbocycles. The van der Waals surface area contributed by atoms with Gasteiger partial charge in [0.05, 0.1) is 11.8 Å². The minimum atomic E-state index is 0. The zero-order valence-electron chi connectivity index (χ0n) is 9.05. The molecule has 0 bridgehead atoms. The number of halogens is 1. The molecule has 6 heteroatoms. The number of hydrogen-bond acceptors (Lipinski definition) is 4. The first kappa shape index (κ1) is 15.7. The molecule has 1 aromatic heterocycles. The van der Waals surface area contributed by atoms with Gasteiger partial charge in [0.1, 0.15) is 0 Å². The Balaban J connectivity index is 0.00000225. The van der Waals surface area contributed by atoms with E-state index < -0.39 is 0 Å². The first-order valence-corrected chi connectivity index (χ1v) is 6.59. The molecule has 1 aromatic rings. The Morgan fingerprint density at radius 2 is 2.31 bits per heavy atom. The van der Waals surface area contributed by atoms with E-state index in [0.717, 1.165) is 10.1 Å². The monoisotopic (exact) mass is 365 g/mol. The Morgan fingerprint density at radius 3 is 2.88 bits per heavy atom. The van der Waals surface area contributed by atoms with Crippen molar-refractivity contribution in [2.75, 3.05) is 12.0 Å². The third kappa shape index (κ3) is 5.18. The van der Waals surface area contributed by atoms with Crippen LogP contribution in [-0.2, 0) is 0 Å². The highest BCUT2D eigenvalue weighted by Crippen LogP contribution is 2.12. The molecule has 1 heterocycles. The van der Waals surface area contributed by atoms with Gasteiger partial charge in [0, 0.05) is 24.2 Å². The van der Waals surface area contributed by atoms with Crippen LogP contribution in [0.5, 0.6) is 0 Å². The maximum absolute atomic E-state index is 8.49. The van der Waals surface area contributed by atoms with E-state index in [2.05, 4.69) is 11.2 Å². The summed E-state index contributed by atoms with van der Waals surface area (Å²) >= 11 is 3.01. The van der Waals surface area contributed by atoms with Crippen LogP contribution in [0.1, 0.15) is 5.69 Å². The average molecular weight is 365 g/mol. The zero-order chi connectivity index (χ0) is 11.1. The van der Waals surface area contributed by atoms with E-state index in [-0.39, 0.29) is 24.0 Å². The molecule has 0 aliphatic rings. The van der Waals surface area contributed by atoms with Gasteiger partial charge in [-0.3, -0.25) is 0 Å². The molecule has 0 radical (unpaired) electrons. The number of aryl methyl sites for hydroxylation is 1. The van der Waals surface area contributed by atoms with E-state index in [1.54, 1.807) is 11.8 Å². The molecule has 0 saturated heterocycles. The van der Waals surface area contributed by atoms with Gasteiger partial charge in [0.2, 0.25) is 11.9 Å². The summed E-state index contributed by atoms with van der Waals surface area (Å²) in [5, 5.41) is 12.9. The molecule has 86 valence electrons. The average Bonchev–Trinajstić information content (AvgIpc) is 2.26. The van der Waals surface area contributed by atoms with E-state index in [0.29, 0.717) is 5.75 Å². The van der Waals surface area contributed by atoms with E-state index in [1.165, 1.54) is 11.8 Å². The van der Waals surface area contributed by atoms with E-state index in [4.69, 9.17) is 5.26 Å². The minimum Gasteiger partial charge on any atom is -1.00 e. The molecule has 0 saturated carbocycles. The van der Waals surface area contributed by atoms with Gasteiger partial charge in [0.15, 0.2) is 4.38 Å². The fourth-order valence-electron chi connectivity index (χ4n) is 0.943. The van der Waals surface area contributed by atoms with Crippen molar-refractivity contribution in [2.24, 2.45) is 5.10 Å². The topological polar surface area (TPSA) is 40.0 Å². The Morgan fingerprint density at radius 1 is 1.56 bits per heavy atom. The van der Waals surface area contributed by atoms with Gasteiger partial charge in [-0.2, -0.15) is 5.26 Å². The van der Waals surface area contributed by atoms with E-state index in [9.17, 15) is 0 Å². The number of nitrogens with zero attached hydrogens (tertiary/aromatic N) is 3. The summed E-state index contributed by atoms with van der Waals surface area (Å²) in [4.78, 5) is 0. The zero-order valence-corrected chi connectivity index (χ0v) is 12.8. The third-order valence-electron chi connectivity index (χ3n) is 1.66. The van der Waals surface area contributed by atoms with Crippen LogP contribution in [0.25, 0.3) is 0 Å². The molecule has 16 heavy (non-hydrogen) atoms. The lowest BCUT2D eigenvalue weighted by Gasteiger charge is -1.95. The van der Waals surface area contributed by atoms with Gasteiger partial charge < -0.3 is 24.0 Å². The first-order valence-electron chi connectivity index (χ1n) is 4.38. The van der Waals surface area contributed by atoms with Gasteiger partial charge in [0.25, 0.3) is 0 Å². The lowest BCUT2D eigenvalue weighted by Crippen LogP contribution is -3.00. The molecule has 0 aliphatic heterocycles. The standard InChI is InChI=1S/C10H12N3S2.HI/c1-9-5-3-4-7-13(9)12-10(14-2)15-8-6-11;/h3-5,7H,8H2,1-2H3;1H/q+1;/p-1/b12-10+;. The molecule has 0 atom stereocenters. The fourth-order valence-corrected chi connectivity index (χ4v) is 2.09. The van der Waals surface area contributed by atoms with Gasteiger partial charge in [-0.15, -0.1) is 0 Å². The largest absolute Gasteiger partial charge is 1.00 e. The van der Waals surface area contributed by atoms with Gasteiger partial charge in [-0.1, -0.05) is 28.2 Å².